The number of amides is 1. The lowest BCUT2D eigenvalue weighted by Gasteiger charge is -2.08. The second kappa shape index (κ2) is 9.09. The molecule has 2 N–H and O–H groups in total. The lowest BCUT2D eigenvalue weighted by atomic mass is 10.2. The Kier molecular flexibility index (Phi) is 6.56. The molecule has 3 rings (SSSR count). The standard InChI is InChI=1S/C20H20N2O4S2/c1-27-18-8-4-15(5-9-18)13-21-20(23)16-6-10-19(11-7-16)28(24,25)22-14-17-3-2-12-26-17/h2-12,22H,13-14H2,1H3,(H,21,23). The molecule has 6 nitrogen and oxygen atoms in total. The maximum absolute atomic E-state index is 12.3. The third-order valence-electron chi connectivity index (χ3n) is 4.06. The lowest BCUT2D eigenvalue weighted by Crippen LogP contribution is -2.24. The van der Waals surface area contributed by atoms with Crippen LogP contribution >= 0.6 is 11.8 Å². The summed E-state index contributed by atoms with van der Waals surface area (Å²) < 4.78 is 32.2. The molecule has 0 saturated heterocycles. The van der Waals surface area contributed by atoms with Gasteiger partial charge in [-0.2, -0.15) is 0 Å². The predicted molar refractivity (Wildman–Crippen MR) is 109 cm³/mol. The van der Waals surface area contributed by atoms with Crippen molar-refractivity contribution in [2.45, 2.75) is 22.9 Å². The first-order valence-electron chi connectivity index (χ1n) is 8.51. The Hall–Kier alpha value is -2.55. The molecular formula is C20H20N2O4S2. The van der Waals surface area contributed by atoms with Crippen LogP contribution in [0.3, 0.4) is 0 Å². The molecule has 0 aliphatic carbocycles. The number of thioether (sulfide) groups is 1. The highest BCUT2D eigenvalue weighted by atomic mass is 32.2. The first-order chi connectivity index (χ1) is 13.5. The molecule has 0 saturated carbocycles. The number of sulfonamides is 1. The highest BCUT2D eigenvalue weighted by molar-refractivity contribution is 7.98. The van der Waals surface area contributed by atoms with E-state index < -0.39 is 10.0 Å². The van der Waals surface area contributed by atoms with Gasteiger partial charge in [0.05, 0.1) is 17.7 Å². The van der Waals surface area contributed by atoms with Crippen LogP contribution in [0.25, 0.3) is 0 Å². The van der Waals surface area contributed by atoms with E-state index in [1.807, 2.05) is 30.5 Å². The lowest BCUT2D eigenvalue weighted by molar-refractivity contribution is 0.0951. The summed E-state index contributed by atoms with van der Waals surface area (Å²) in [5.41, 5.74) is 1.39. The Morgan fingerprint density at radius 3 is 2.32 bits per heavy atom. The van der Waals surface area contributed by atoms with Gasteiger partial charge in [0, 0.05) is 17.0 Å². The molecule has 1 heterocycles. The third-order valence-corrected chi connectivity index (χ3v) is 6.22. The van der Waals surface area contributed by atoms with Gasteiger partial charge in [0.1, 0.15) is 5.76 Å². The molecule has 0 fully saturated rings. The maximum atomic E-state index is 12.3. The van der Waals surface area contributed by atoms with Gasteiger partial charge < -0.3 is 9.73 Å². The molecule has 3 aromatic rings. The molecule has 0 radical (unpaired) electrons. The summed E-state index contributed by atoms with van der Waals surface area (Å²) in [5.74, 6) is 0.256. The summed E-state index contributed by atoms with van der Waals surface area (Å²) >= 11 is 1.66. The van der Waals surface area contributed by atoms with Gasteiger partial charge in [-0.1, -0.05) is 12.1 Å². The quantitative estimate of drug-likeness (QED) is 0.550. The number of hydrogen-bond donors (Lipinski definition) is 2. The Labute approximate surface area is 168 Å². The number of benzene rings is 2. The summed E-state index contributed by atoms with van der Waals surface area (Å²) in [4.78, 5) is 13.5. The van der Waals surface area contributed by atoms with Crippen molar-refractivity contribution in [3.05, 3.63) is 83.8 Å². The number of hydrogen-bond acceptors (Lipinski definition) is 5. The predicted octanol–water partition coefficient (Wildman–Crippen LogP) is 3.41. The van der Waals surface area contributed by atoms with Gasteiger partial charge in [0.2, 0.25) is 10.0 Å². The first-order valence-corrected chi connectivity index (χ1v) is 11.2. The summed E-state index contributed by atoms with van der Waals surface area (Å²) in [6.07, 6.45) is 3.49. The molecule has 28 heavy (non-hydrogen) atoms. The van der Waals surface area contributed by atoms with E-state index in [4.69, 9.17) is 4.42 Å². The summed E-state index contributed by atoms with van der Waals surface area (Å²) in [5, 5.41) is 2.83. The second-order valence-corrected chi connectivity index (χ2v) is 8.61. The highest BCUT2D eigenvalue weighted by Gasteiger charge is 2.15. The number of nitrogens with one attached hydrogen (secondary N) is 2. The largest absolute Gasteiger partial charge is 0.468 e. The van der Waals surface area contributed by atoms with E-state index in [9.17, 15) is 13.2 Å². The molecule has 0 spiro atoms. The van der Waals surface area contributed by atoms with Gasteiger partial charge in [-0.15, -0.1) is 11.8 Å². The van der Waals surface area contributed by atoms with Crippen molar-refractivity contribution in [1.29, 1.82) is 0 Å². The first kappa shape index (κ1) is 20.2. The fraction of sp³-hybridized carbons (Fsp3) is 0.150. The van der Waals surface area contributed by atoms with Crippen molar-refractivity contribution in [3.63, 3.8) is 0 Å². The number of furan rings is 1. The summed E-state index contributed by atoms with van der Waals surface area (Å²) in [6.45, 7) is 0.463. The smallest absolute Gasteiger partial charge is 0.251 e. The van der Waals surface area contributed by atoms with Crippen LogP contribution in [0.15, 0.2) is 81.1 Å². The van der Waals surface area contributed by atoms with E-state index in [-0.39, 0.29) is 17.3 Å². The molecule has 0 bridgehead atoms. The second-order valence-electron chi connectivity index (χ2n) is 5.96. The van der Waals surface area contributed by atoms with Crippen LogP contribution in [-0.2, 0) is 23.1 Å². The Balaban J connectivity index is 1.58. The highest BCUT2D eigenvalue weighted by Crippen LogP contribution is 2.15. The van der Waals surface area contributed by atoms with E-state index >= 15 is 0 Å². The van der Waals surface area contributed by atoms with E-state index in [1.54, 1.807) is 23.9 Å². The van der Waals surface area contributed by atoms with Gasteiger partial charge >= 0.3 is 0 Å². The minimum Gasteiger partial charge on any atom is -0.468 e. The van der Waals surface area contributed by atoms with Gasteiger partial charge in [-0.3, -0.25) is 4.79 Å². The Morgan fingerprint density at radius 1 is 1.00 bits per heavy atom. The van der Waals surface area contributed by atoms with E-state index in [0.29, 0.717) is 17.9 Å². The average Bonchev–Trinajstić information content (AvgIpc) is 3.25. The number of carbonyl (C=O) groups is 1. The number of rotatable bonds is 8. The Bertz CT molecular complexity index is 1010. The molecule has 8 heteroatoms. The minimum absolute atomic E-state index is 0.0624. The van der Waals surface area contributed by atoms with Gasteiger partial charge in [0.15, 0.2) is 0 Å². The fourth-order valence-electron chi connectivity index (χ4n) is 2.48. The SMILES string of the molecule is CSc1ccc(CNC(=O)c2ccc(S(=O)(=O)NCc3ccco3)cc2)cc1. The van der Waals surface area contributed by atoms with E-state index in [2.05, 4.69) is 10.0 Å². The van der Waals surface area contributed by atoms with Crippen LogP contribution in [0.1, 0.15) is 21.7 Å². The van der Waals surface area contributed by atoms with Gasteiger partial charge in [-0.05, 0) is 60.4 Å². The number of carbonyl (C=O) groups excluding carboxylic acids is 1. The molecule has 0 aliphatic heterocycles. The van der Waals surface area contributed by atoms with Crippen molar-refractivity contribution in [1.82, 2.24) is 10.0 Å². The monoisotopic (exact) mass is 416 g/mol. The zero-order chi connectivity index (χ0) is 20.0. The molecular weight excluding hydrogens is 396 g/mol. The normalized spacial score (nSPS) is 11.3. The summed E-state index contributed by atoms with van der Waals surface area (Å²) in [6, 6.07) is 17.1. The average molecular weight is 417 g/mol. The molecule has 1 amide bonds. The van der Waals surface area contributed by atoms with Crippen LogP contribution in [0.4, 0.5) is 0 Å². The minimum atomic E-state index is -3.68. The molecule has 2 aromatic carbocycles. The van der Waals surface area contributed by atoms with Crippen molar-refractivity contribution >= 4 is 27.7 Å². The molecule has 0 unspecified atom stereocenters. The van der Waals surface area contributed by atoms with Crippen LogP contribution in [0.5, 0.6) is 0 Å². The van der Waals surface area contributed by atoms with Crippen LogP contribution < -0.4 is 10.0 Å². The molecule has 1 aromatic heterocycles. The zero-order valence-electron chi connectivity index (χ0n) is 15.2. The van der Waals surface area contributed by atoms with Gasteiger partial charge in [-0.25, -0.2) is 13.1 Å². The molecule has 0 atom stereocenters. The van der Waals surface area contributed by atoms with Crippen molar-refractivity contribution in [3.8, 4) is 0 Å². The van der Waals surface area contributed by atoms with Crippen LogP contribution in [-0.4, -0.2) is 20.6 Å². The van der Waals surface area contributed by atoms with Crippen LogP contribution in [0, 0.1) is 0 Å². The van der Waals surface area contributed by atoms with E-state index in [1.165, 1.54) is 30.5 Å². The van der Waals surface area contributed by atoms with Gasteiger partial charge in [0.25, 0.3) is 5.91 Å². The molecule has 0 aliphatic rings. The van der Waals surface area contributed by atoms with Crippen molar-refractivity contribution in [2.75, 3.05) is 6.26 Å². The molecule has 146 valence electrons. The van der Waals surface area contributed by atoms with Crippen molar-refractivity contribution in [2.24, 2.45) is 0 Å². The van der Waals surface area contributed by atoms with Crippen molar-refractivity contribution < 1.29 is 17.6 Å². The summed E-state index contributed by atoms with van der Waals surface area (Å²) in [7, 11) is -3.68. The van der Waals surface area contributed by atoms with Crippen LogP contribution in [0.2, 0.25) is 0 Å². The third kappa shape index (κ3) is 5.25. The Morgan fingerprint density at radius 2 is 1.71 bits per heavy atom. The zero-order valence-corrected chi connectivity index (χ0v) is 16.8. The maximum Gasteiger partial charge on any atom is 0.251 e. The van der Waals surface area contributed by atoms with E-state index in [0.717, 1.165) is 10.5 Å². The topological polar surface area (TPSA) is 88.4 Å². The fourth-order valence-corrected chi connectivity index (χ4v) is 3.88.